The first-order valence-corrected chi connectivity index (χ1v) is 9.14. The number of rotatable bonds is 4. The number of nitrogens with one attached hydrogen (secondary N) is 1. The number of benzene rings is 1. The van der Waals surface area contributed by atoms with Gasteiger partial charge in [-0.3, -0.25) is 4.79 Å². The molecular weight excluding hydrogens is 332 g/mol. The van der Waals surface area contributed by atoms with Gasteiger partial charge in [-0.05, 0) is 31.9 Å². The van der Waals surface area contributed by atoms with Crippen molar-refractivity contribution in [2.75, 3.05) is 13.2 Å². The number of hydrogen-bond acceptors (Lipinski definition) is 5. The predicted molar refractivity (Wildman–Crippen MR) is 94.7 cm³/mol. The molecule has 0 radical (unpaired) electrons. The molecule has 138 valence electrons. The fourth-order valence-corrected chi connectivity index (χ4v) is 3.88. The van der Waals surface area contributed by atoms with E-state index >= 15 is 0 Å². The Morgan fingerprint density at radius 3 is 2.92 bits per heavy atom. The number of aliphatic hydroxyl groups is 1. The van der Waals surface area contributed by atoms with Gasteiger partial charge in [-0.1, -0.05) is 17.7 Å². The first-order chi connectivity index (χ1) is 12.6. The lowest BCUT2D eigenvalue weighted by Gasteiger charge is -2.18. The standard InChI is InChI=1S/C19H24N4O3/c1-12-2-4-13(5-3-12)19(25)20-10-15-8-14(9-16(15)24)18-22-21-17-11-26-7-6-23(17)18/h2-5,14-16,24H,6-11H2,1H3,(H,20,25)/t14-,15+,16+/m0/s1. The number of ether oxygens (including phenoxy) is 1. The van der Waals surface area contributed by atoms with Crippen LogP contribution < -0.4 is 5.32 Å². The van der Waals surface area contributed by atoms with Crippen LogP contribution in [0.2, 0.25) is 0 Å². The van der Waals surface area contributed by atoms with Crippen LogP contribution in [0.3, 0.4) is 0 Å². The summed E-state index contributed by atoms with van der Waals surface area (Å²) in [5.41, 5.74) is 1.77. The van der Waals surface area contributed by atoms with Gasteiger partial charge in [-0.2, -0.15) is 0 Å². The summed E-state index contributed by atoms with van der Waals surface area (Å²) in [5.74, 6) is 1.90. The average Bonchev–Trinajstić information content (AvgIpc) is 3.23. The molecule has 1 aromatic carbocycles. The molecule has 7 nitrogen and oxygen atoms in total. The molecule has 7 heteroatoms. The van der Waals surface area contributed by atoms with Crippen molar-refractivity contribution in [1.29, 1.82) is 0 Å². The lowest BCUT2D eigenvalue weighted by atomic mass is 10.0. The van der Waals surface area contributed by atoms with Gasteiger partial charge < -0.3 is 19.7 Å². The van der Waals surface area contributed by atoms with Gasteiger partial charge in [0.2, 0.25) is 0 Å². The maximum absolute atomic E-state index is 12.3. The Kier molecular flexibility index (Phi) is 4.74. The smallest absolute Gasteiger partial charge is 0.251 e. The normalized spacial score (nSPS) is 25.1. The second-order valence-electron chi connectivity index (χ2n) is 7.25. The van der Waals surface area contributed by atoms with Crippen molar-refractivity contribution >= 4 is 5.91 Å². The highest BCUT2D eigenvalue weighted by Gasteiger charge is 2.37. The third-order valence-corrected chi connectivity index (χ3v) is 5.41. The molecule has 2 heterocycles. The number of nitrogens with zero attached hydrogens (tertiary/aromatic N) is 3. The van der Waals surface area contributed by atoms with Gasteiger partial charge in [-0.15, -0.1) is 10.2 Å². The minimum atomic E-state index is -0.439. The molecule has 3 atom stereocenters. The maximum Gasteiger partial charge on any atom is 0.251 e. The highest BCUT2D eigenvalue weighted by molar-refractivity contribution is 5.94. The van der Waals surface area contributed by atoms with E-state index in [-0.39, 0.29) is 17.7 Å². The number of aliphatic hydroxyl groups excluding tert-OH is 1. The summed E-state index contributed by atoms with van der Waals surface area (Å²) in [6.45, 7) is 4.39. The van der Waals surface area contributed by atoms with E-state index in [4.69, 9.17) is 4.74 Å². The van der Waals surface area contributed by atoms with E-state index in [0.29, 0.717) is 31.7 Å². The largest absolute Gasteiger partial charge is 0.393 e. The zero-order valence-electron chi connectivity index (χ0n) is 14.9. The third kappa shape index (κ3) is 3.37. The molecule has 2 aliphatic rings. The van der Waals surface area contributed by atoms with Crippen LogP contribution in [0.1, 0.15) is 46.3 Å². The van der Waals surface area contributed by atoms with Gasteiger partial charge in [0.15, 0.2) is 5.82 Å². The van der Waals surface area contributed by atoms with E-state index in [1.165, 1.54) is 0 Å². The van der Waals surface area contributed by atoms with Crippen LogP contribution in [-0.2, 0) is 17.9 Å². The lowest BCUT2D eigenvalue weighted by molar-refractivity contribution is 0.0801. The number of carbonyl (C=O) groups is 1. The molecule has 0 saturated heterocycles. The van der Waals surface area contributed by atoms with Crippen molar-refractivity contribution in [2.24, 2.45) is 5.92 Å². The fourth-order valence-electron chi connectivity index (χ4n) is 3.88. The minimum Gasteiger partial charge on any atom is -0.393 e. The zero-order valence-corrected chi connectivity index (χ0v) is 14.9. The fraction of sp³-hybridized carbons (Fsp3) is 0.526. The summed E-state index contributed by atoms with van der Waals surface area (Å²) in [6.07, 6.45) is 1.02. The van der Waals surface area contributed by atoms with E-state index in [2.05, 4.69) is 20.1 Å². The molecule has 1 saturated carbocycles. The van der Waals surface area contributed by atoms with Crippen LogP contribution in [-0.4, -0.2) is 45.0 Å². The molecule has 0 spiro atoms. The third-order valence-electron chi connectivity index (χ3n) is 5.41. The Balaban J connectivity index is 1.37. The summed E-state index contributed by atoms with van der Waals surface area (Å²) >= 11 is 0. The Bertz CT molecular complexity index is 787. The second-order valence-corrected chi connectivity index (χ2v) is 7.25. The van der Waals surface area contributed by atoms with E-state index < -0.39 is 6.10 Å². The number of amides is 1. The number of carbonyl (C=O) groups excluding carboxylic acids is 1. The lowest BCUT2D eigenvalue weighted by Crippen LogP contribution is -2.32. The van der Waals surface area contributed by atoms with Gasteiger partial charge in [0.1, 0.15) is 12.4 Å². The van der Waals surface area contributed by atoms with E-state index in [9.17, 15) is 9.90 Å². The van der Waals surface area contributed by atoms with Crippen molar-refractivity contribution in [3.05, 3.63) is 47.0 Å². The summed E-state index contributed by atoms with van der Waals surface area (Å²) in [5, 5.41) is 21.9. The van der Waals surface area contributed by atoms with Crippen molar-refractivity contribution in [1.82, 2.24) is 20.1 Å². The number of fused-ring (bicyclic) bond motifs is 1. The number of aryl methyl sites for hydroxylation is 1. The van der Waals surface area contributed by atoms with Gasteiger partial charge in [-0.25, -0.2) is 0 Å². The molecule has 26 heavy (non-hydrogen) atoms. The van der Waals surface area contributed by atoms with Crippen LogP contribution in [0.15, 0.2) is 24.3 Å². The second kappa shape index (κ2) is 7.17. The Morgan fingerprint density at radius 1 is 1.31 bits per heavy atom. The molecule has 0 bridgehead atoms. The van der Waals surface area contributed by atoms with Crippen molar-refractivity contribution in [3.8, 4) is 0 Å². The van der Waals surface area contributed by atoms with Crippen molar-refractivity contribution in [2.45, 2.75) is 44.9 Å². The van der Waals surface area contributed by atoms with Crippen LogP contribution >= 0.6 is 0 Å². The molecule has 2 aromatic rings. The van der Waals surface area contributed by atoms with Gasteiger partial charge in [0.25, 0.3) is 5.91 Å². The molecule has 1 aliphatic heterocycles. The number of aromatic nitrogens is 3. The first-order valence-electron chi connectivity index (χ1n) is 9.14. The van der Waals surface area contributed by atoms with Gasteiger partial charge in [0, 0.05) is 30.5 Å². The summed E-state index contributed by atoms with van der Waals surface area (Å²) in [7, 11) is 0. The van der Waals surface area contributed by atoms with E-state index in [1.807, 2.05) is 31.2 Å². The highest BCUT2D eigenvalue weighted by Crippen LogP contribution is 2.38. The molecule has 0 unspecified atom stereocenters. The van der Waals surface area contributed by atoms with Gasteiger partial charge in [0.05, 0.1) is 12.7 Å². The first kappa shape index (κ1) is 17.2. The highest BCUT2D eigenvalue weighted by atomic mass is 16.5. The Labute approximate surface area is 152 Å². The van der Waals surface area contributed by atoms with Crippen molar-refractivity contribution < 1.29 is 14.6 Å². The Morgan fingerprint density at radius 2 is 2.12 bits per heavy atom. The molecule has 1 aromatic heterocycles. The monoisotopic (exact) mass is 356 g/mol. The Hall–Kier alpha value is -2.25. The quantitative estimate of drug-likeness (QED) is 0.864. The van der Waals surface area contributed by atoms with Crippen LogP contribution in [0.4, 0.5) is 0 Å². The summed E-state index contributed by atoms with van der Waals surface area (Å²) < 4.78 is 7.53. The van der Waals surface area contributed by atoms with Gasteiger partial charge >= 0.3 is 0 Å². The van der Waals surface area contributed by atoms with Crippen molar-refractivity contribution in [3.63, 3.8) is 0 Å². The zero-order chi connectivity index (χ0) is 18.1. The summed E-state index contributed by atoms with van der Waals surface area (Å²) in [4.78, 5) is 12.3. The summed E-state index contributed by atoms with van der Waals surface area (Å²) in [6, 6.07) is 7.49. The minimum absolute atomic E-state index is 0.0298. The molecule has 1 amide bonds. The molecule has 2 N–H and O–H groups in total. The average molecular weight is 356 g/mol. The molecular formula is C19H24N4O3. The van der Waals surface area contributed by atoms with Crippen LogP contribution in [0.25, 0.3) is 0 Å². The number of hydrogen-bond donors (Lipinski definition) is 2. The molecule has 1 aliphatic carbocycles. The maximum atomic E-state index is 12.3. The molecule has 1 fully saturated rings. The topological polar surface area (TPSA) is 89.3 Å². The van der Waals surface area contributed by atoms with E-state index in [1.54, 1.807) is 0 Å². The van der Waals surface area contributed by atoms with Crippen LogP contribution in [0, 0.1) is 12.8 Å². The van der Waals surface area contributed by atoms with Crippen LogP contribution in [0.5, 0.6) is 0 Å². The predicted octanol–water partition coefficient (Wildman–Crippen LogP) is 1.40. The molecule has 4 rings (SSSR count). The SMILES string of the molecule is Cc1ccc(C(=O)NC[C@H]2C[C@H](c3nnc4n3CCOC4)C[C@H]2O)cc1. The van der Waals surface area contributed by atoms with E-state index in [0.717, 1.165) is 30.2 Å².